The molecule has 184 valence electrons. The second-order valence-corrected chi connectivity index (χ2v) is 8.59. The average molecular weight is 479 g/mol. The van der Waals surface area contributed by atoms with Crippen LogP contribution in [0.15, 0.2) is 30.5 Å². The number of aromatic nitrogens is 1. The molecule has 1 aliphatic carbocycles. The van der Waals surface area contributed by atoms with Crippen molar-refractivity contribution in [2.75, 3.05) is 53.0 Å². The fourth-order valence-corrected chi connectivity index (χ4v) is 4.22. The first-order valence-electron chi connectivity index (χ1n) is 11.4. The number of piperazine rings is 1. The summed E-state index contributed by atoms with van der Waals surface area (Å²) in [5.41, 5.74) is 0.550. The molecule has 1 saturated carbocycles. The van der Waals surface area contributed by atoms with E-state index in [1.54, 1.807) is 13.2 Å². The van der Waals surface area contributed by atoms with Gasteiger partial charge in [-0.25, -0.2) is 13.8 Å². The van der Waals surface area contributed by atoms with Crippen LogP contribution in [0.3, 0.4) is 0 Å². The number of hydrogen-bond donors (Lipinski definition) is 1. The maximum Gasteiger partial charge on any atom is 0.236 e. The molecule has 2 heterocycles. The van der Waals surface area contributed by atoms with E-state index in [0.717, 1.165) is 25.7 Å². The quantitative estimate of drug-likeness (QED) is 0.529. The zero-order chi connectivity index (χ0) is 24.1. The molecule has 4 rings (SSSR count). The lowest BCUT2D eigenvalue weighted by Crippen LogP contribution is -2.51. The molecule has 1 aromatic heterocycles. The number of nitrogens with zero attached hydrogens (tertiary/aromatic N) is 3. The molecule has 1 amide bonds. The van der Waals surface area contributed by atoms with E-state index in [-0.39, 0.29) is 42.3 Å². The highest BCUT2D eigenvalue weighted by molar-refractivity contribution is 5.78. The predicted molar refractivity (Wildman–Crippen MR) is 119 cm³/mol. The Kier molecular flexibility index (Phi) is 8.02. The highest BCUT2D eigenvalue weighted by atomic mass is 19.1. The molecule has 0 spiro atoms. The van der Waals surface area contributed by atoms with Crippen molar-refractivity contribution >= 4 is 5.91 Å². The SMILES string of the molecule is COCCN1CCN(C(=O)CN[C@@H]2C[C@H]2c2cc(F)cc(F)c2OCc2cccnc2F)CC1. The van der Waals surface area contributed by atoms with Crippen molar-refractivity contribution in [2.45, 2.75) is 25.0 Å². The lowest BCUT2D eigenvalue weighted by atomic mass is 10.1. The van der Waals surface area contributed by atoms with Crippen molar-refractivity contribution in [3.05, 3.63) is 59.2 Å². The molecule has 0 radical (unpaired) electrons. The minimum atomic E-state index is -0.840. The van der Waals surface area contributed by atoms with Gasteiger partial charge in [-0.1, -0.05) is 0 Å². The van der Waals surface area contributed by atoms with E-state index < -0.39 is 17.6 Å². The molecule has 7 nitrogen and oxygen atoms in total. The number of carbonyl (C=O) groups excluding carboxylic acids is 1. The van der Waals surface area contributed by atoms with E-state index in [2.05, 4.69) is 15.2 Å². The summed E-state index contributed by atoms with van der Waals surface area (Å²) in [6, 6.07) is 4.95. The van der Waals surface area contributed by atoms with E-state index in [1.807, 2.05) is 4.90 Å². The minimum Gasteiger partial charge on any atom is -0.485 e. The number of pyridine rings is 1. The van der Waals surface area contributed by atoms with Crippen molar-refractivity contribution in [1.82, 2.24) is 20.1 Å². The number of hydrogen-bond acceptors (Lipinski definition) is 6. The monoisotopic (exact) mass is 478 g/mol. The van der Waals surface area contributed by atoms with E-state index in [4.69, 9.17) is 9.47 Å². The molecular weight excluding hydrogens is 449 g/mol. The van der Waals surface area contributed by atoms with Crippen LogP contribution < -0.4 is 10.1 Å². The number of amides is 1. The van der Waals surface area contributed by atoms with Crippen molar-refractivity contribution in [1.29, 1.82) is 0 Å². The van der Waals surface area contributed by atoms with E-state index in [9.17, 15) is 18.0 Å². The Hall–Kier alpha value is -2.69. The standard InChI is InChI=1S/C24H29F3N4O3/c1-33-10-9-30-5-7-31(8-6-30)22(32)14-29-21-13-18(21)19-11-17(25)12-20(26)23(19)34-15-16-3-2-4-28-24(16)27/h2-4,11-12,18,21,29H,5-10,13-15H2,1H3/t18-,21+/m0/s1. The second kappa shape index (κ2) is 11.2. The van der Waals surface area contributed by atoms with Crippen LogP contribution in [-0.4, -0.2) is 79.7 Å². The molecule has 1 aromatic carbocycles. The second-order valence-electron chi connectivity index (χ2n) is 8.59. The van der Waals surface area contributed by atoms with E-state index in [0.29, 0.717) is 31.7 Å². The summed E-state index contributed by atoms with van der Waals surface area (Å²) in [7, 11) is 1.67. The lowest BCUT2D eigenvalue weighted by Gasteiger charge is -2.34. The maximum absolute atomic E-state index is 14.5. The van der Waals surface area contributed by atoms with Gasteiger partial charge in [0.05, 0.1) is 13.2 Å². The number of carbonyl (C=O) groups is 1. The van der Waals surface area contributed by atoms with Crippen molar-refractivity contribution in [2.24, 2.45) is 0 Å². The molecule has 2 atom stereocenters. The Morgan fingerprint density at radius 2 is 2.00 bits per heavy atom. The minimum absolute atomic E-state index is 0.00555. The zero-order valence-electron chi connectivity index (χ0n) is 19.1. The summed E-state index contributed by atoms with van der Waals surface area (Å²) in [4.78, 5) is 20.2. The smallest absolute Gasteiger partial charge is 0.236 e. The molecule has 1 N–H and O–H groups in total. The van der Waals surface area contributed by atoms with Gasteiger partial charge in [-0.3, -0.25) is 9.69 Å². The molecule has 2 fully saturated rings. The topological polar surface area (TPSA) is 66.9 Å². The van der Waals surface area contributed by atoms with Crippen LogP contribution in [0, 0.1) is 17.6 Å². The number of nitrogens with one attached hydrogen (secondary N) is 1. The van der Waals surface area contributed by atoms with Gasteiger partial charge < -0.3 is 19.7 Å². The number of methoxy groups -OCH3 is 1. The Morgan fingerprint density at radius 3 is 2.74 bits per heavy atom. The highest BCUT2D eigenvalue weighted by Gasteiger charge is 2.41. The first-order chi connectivity index (χ1) is 16.5. The van der Waals surface area contributed by atoms with Gasteiger partial charge in [-0.05, 0) is 24.6 Å². The maximum atomic E-state index is 14.5. The van der Waals surface area contributed by atoms with Crippen LogP contribution in [0.1, 0.15) is 23.5 Å². The Balaban J connectivity index is 1.31. The van der Waals surface area contributed by atoms with Crippen LogP contribution in [0.4, 0.5) is 13.2 Å². The van der Waals surface area contributed by atoms with Gasteiger partial charge in [0.25, 0.3) is 0 Å². The van der Waals surface area contributed by atoms with Gasteiger partial charge in [-0.2, -0.15) is 4.39 Å². The van der Waals surface area contributed by atoms with Gasteiger partial charge in [0, 0.05) is 75.2 Å². The number of rotatable bonds is 10. The molecule has 2 aliphatic rings. The first-order valence-corrected chi connectivity index (χ1v) is 11.4. The number of halogens is 3. The number of ether oxygens (including phenoxy) is 2. The Bertz CT molecular complexity index is 1000. The van der Waals surface area contributed by atoms with Crippen LogP contribution in [0.2, 0.25) is 0 Å². The average Bonchev–Trinajstić information content (AvgIpc) is 3.61. The van der Waals surface area contributed by atoms with E-state index >= 15 is 0 Å². The van der Waals surface area contributed by atoms with Gasteiger partial charge >= 0.3 is 0 Å². The third-order valence-electron chi connectivity index (χ3n) is 6.29. The highest BCUT2D eigenvalue weighted by Crippen LogP contribution is 2.46. The summed E-state index contributed by atoms with van der Waals surface area (Å²) in [6.45, 7) is 4.39. The molecule has 10 heteroatoms. The van der Waals surface area contributed by atoms with Crippen LogP contribution >= 0.6 is 0 Å². The molecule has 1 aliphatic heterocycles. The number of benzene rings is 1. The van der Waals surface area contributed by atoms with Crippen molar-refractivity contribution in [3.8, 4) is 5.75 Å². The van der Waals surface area contributed by atoms with Gasteiger partial charge in [0.1, 0.15) is 12.4 Å². The zero-order valence-corrected chi connectivity index (χ0v) is 19.1. The summed E-state index contributed by atoms with van der Waals surface area (Å²) < 4.78 is 52.9. The van der Waals surface area contributed by atoms with Gasteiger partial charge in [0.15, 0.2) is 11.6 Å². The van der Waals surface area contributed by atoms with Crippen LogP contribution in [0.5, 0.6) is 5.75 Å². The fourth-order valence-electron chi connectivity index (χ4n) is 4.22. The third-order valence-corrected chi connectivity index (χ3v) is 6.29. The summed E-state index contributed by atoms with van der Waals surface area (Å²) >= 11 is 0. The lowest BCUT2D eigenvalue weighted by molar-refractivity contribution is -0.132. The predicted octanol–water partition coefficient (Wildman–Crippen LogP) is 2.31. The summed E-state index contributed by atoms with van der Waals surface area (Å²) in [5, 5.41) is 3.20. The molecular formula is C24H29F3N4O3. The van der Waals surface area contributed by atoms with Crippen LogP contribution in [0.25, 0.3) is 0 Å². The normalized spacial score (nSPS) is 20.4. The third kappa shape index (κ3) is 6.05. The van der Waals surface area contributed by atoms with Gasteiger partial charge in [0.2, 0.25) is 11.9 Å². The van der Waals surface area contributed by atoms with Crippen LogP contribution in [-0.2, 0) is 16.1 Å². The first kappa shape index (κ1) is 24.4. The molecule has 0 bridgehead atoms. The summed E-state index contributed by atoms with van der Waals surface area (Å²) in [6.07, 6.45) is 1.93. The summed E-state index contributed by atoms with van der Waals surface area (Å²) in [5.74, 6) is -2.54. The molecule has 1 saturated heterocycles. The molecule has 34 heavy (non-hydrogen) atoms. The Morgan fingerprint density at radius 1 is 1.21 bits per heavy atom. The Labute approximate surface area is 196 Å². The molecule has 2 aromatic rings. The van der Waals surface area contributed by atoms with Crippen molar-refractivity contribution in [3.63, 3.8) is 0 Å². The molecule has 0 unspecified atom stereocenters. The van der Waals surface area contributed by atoms with E-state index in [1.165, 1.54) is 18.3 Å². The fraction of sp³-hybridized carbons (Fsp3) is 0.500. The van der Waals surface area contributed by atoms with Gasteiger partial charge in [-0.15, -0.1) is 0 Å². The largest absolute Gasteiger partial charge is 0.485 e. The van der Waals surface area contributed by atoms with Crippen molar-refractivity contribution < 1.29 is 27.4 Å².